The molecule has 2 aromatic carbocycles. The van der Waals surface area contributed by atoms with E-state index in [2.05, 4.69) is 20.5 Å². The van der Waals surface area contributed by atoms with Crippen molar-refractivity contribution in [2.24, 2.45) is 5.10 Å². The molecule has 0 bridgehead atoms. The van der Waals surface area contributed by atoms with Crippen LogP contribution in [0.15, 0.2) is 64.5 Å². The van der Waals surface area contributed by atoms with Gasteiger partial charge in [-0.05, 0) is 31.4 Å². The molecule has 1 aromatic heterocycles. The van der Waals surface area contributed by atoms with E-state index in [9.17, 15) is 14.9 Å². The van der Waals surface area contributed by atoms with Crippen LogP contribution in [0.5, 0.6) is 5.75 Å². The molecule has 0 radical (unpaired) electrons. The zero-order valence-corrected chi connectivity index (χ0v) is 18.5. The van der Waals surface area contributed by atoms with Crippen molar-refractivity contribution >= 4 is 18.1 Å². The van der Waals surface area contributed by atoms with Crippen LogP contribution in [-0.4, -0.2) is 46.7 Å². The van der Waals surface area contributed by atoms with Crippen LogP contribution in [0.25, 0.3) is 11.3 Å². The number of carbonyl (C=O) groups is 1. The molecule has 0 atom stereocenters. The smallest absolute Gasteiger partial charge is 0.270 e. The number of hydrogen-bond acceptors (Lipinski definition) is 7. The van der Waals surface area contributed by atoms with E-state index in [4.69, 9.17) is 4.74 Å². The fraction of sp³-hybridized carbons (Fsp3) is 0.240. The third kappa shape index (κ3) is 5.48. The lowest BCUT2D eigenvalue weighted by molar-refractivity contribution is -0.134. The number of amides is 1. The predicted octanol–water partition coefficient (Wildman–Crippen LogP) is 3.15. The van der Waals surface area contributed by atoms with Gasteiger partial charge in [0.1, 0.15) is 17.4 Å². The number of piperidine rings is 1. The Labute approximate surface area is 196 Å². The molecule has 1 aliphatic rings. The topological polar surface area (TPSA) is 123 Å². The standard InChI is InChI=1S/C25H24N6O3/c26-15-20-23(18-9-3-1-4-10-18)28-25(29-24(20)33)30-27-16-19-11-5-6-12-21(19)34-17-22(32)31-13-7-2-8-14-31/h1,3-6,9-12,16H,2,7-8,13-14,17H2,(H2,28,29,30,33). The molecule has 9 heteroatoms. The van der Waals surface area contributed by atoms with E-state index in [0.29, 0.717) is 16.9 Å². The first-order chi connectivity index (χ1) is 16.7. The van der Waals surface area contributed by atoms with Gasteiger partial charge >= 0.3 is 0 Å². The lowest BCUT2D eigenvalue weighted by Crippen LogP contribution is -2.38. The number of aromatic nitrogens is 2. The van der Waals surface area contributed by atoms with E-state index < -0.39 is 5.56 Å². The number of benzene rings is 2. The molecular formula is C25H24N6O3. The first kappa shape index (κ1) is 22.7. The number of nitriles is 1. The van der Waals surface area contributed by atoms with Gasteiger partial charge in [0, 0.05) is 24.2 Å². The van der Waals surface area contributed by atoms with Gasteiger partial charge in [0.2, 0.25) is 5.95 Å². The van der Waals surface area contributed by atoms with Crippen molar-refractivity contribution in [3.8, 4) is 23.1 Å². The fourth-order valence-electron chi connectivity index (χ4n) is 3.69. The summed E-state index contributed by atoms with van der Waals surface area (Å²) < 4.78 is 5.76. The lowest BCUT2D eigenvalue weighted by Gasteiger charge is -2.26. The monoisotopic (exact) mass is 456 g/mol. The number of hydrazone groups is 1. The van der Waals surface area contributed by atoms with Crippen molar-refractivity contribution in [1.82, 2.24) is 14.9 Å². The summed E-state index contributed by atoms with van der Waals surface area (Å²) in [5.74, 6) is 0.583. The Morgan fingerprint density at radius 2 is 1.88 bits per heavy atom. The van der Waals surface area contributed by atoms with E-state index in [0.717, 1.165) is 32.4 Å². The van der Waals surface area contributed by atoms with E-state index >= 15 is 0 Å². The summed E-state index contributed by atoms with van der Waals surface area (Å²) in [6, 6.07) is 18.1. The number of ether oxygens (including phenoxy) is 1. The van der Waals surface area contributed by atoms with Gasteiger partial charge in [-0.3, -0.25) is 14.6 Å². The van der Waals surface area contributed by atoms with Gasteiger partial charge in [0.25, 0.3) is 11.5 Å². The zero-order chi connectivity index (χ0) is 23.8. The number of rotatable bonds is 7. The Bertz CT molecular complexity index is 1270. The quantitative estimate of drug-likeness (QED) is 0.416. The summed E-state index contributed by atoms with van der Waals surface area (Å²) in [6.07, 6.45) is 4.72. The van der Waals surface area contributed by atoms with Crippen LogP contribution in [0, 0.1) is 11.3 Å². The number of anilines is 1. The molecule has 3 aromatic rings. The van der Waals surface area contributed by atoms with Crippen molar-refractivity contribution in [1.29, 1.82) is 5.26 Å². The van der Waals surface area contributed by atoms with Crippen molar-refractivity contribution in [2.45, 2.75) is 19.3 Å². The van der Waals surface area contributed by atoms with Crippen LogP contribution in [0.4, 0.5) is 5.95 Å². The second kappa shape index (κ2) is 10.9. The first-order valence-corrected chi connectivity index (χ1v) is 11.0. The number of hydrogen-bond donors (Lipinski definition) is 2. The normalized spacial score (nSPS) is 13.4. The SMILES string of the molecule is N#Cc1c(-c2ccccc2)nc(NN=Cc2ccccc2OCC(=O)N2CCCCC2)[nH]c1=O. The van der Waals surface area contributed by atoms with Crippen LogP contribution in [0.1, 0.15) is 30.4 Å². The van der Waals surface area contributed by atoms with Gasteiger partial charge < -0.3 is 9.64 Å². The molecule has 1 fully saturated rings. The van der Waals surface area contributed by atoms with Crippen LogP contribution in [0.2, 0.25) is 0 Å². The maximum atomic E-state index is 12.4. The van der Waals surface area contributed by atoms with Crippen LogP contribution < -0.4 is 15.7 Å². The third-order valence-electron chi connectivity index (χ3n) is 5.43. The van der Waals surface area contributed by atoms with E-state index in [1.54, 1.807) is 36.4 Å². The van der Waals surface area contributed by atoms with Crippen molar-refractivity contribution in [2.75, 3.05) is 25.1 Å². The zero-order valence-electron chi connectivity index (χ0n) is 18.5. The van der Waals surface area contributed by atoms with Gasteiger partial charge in [-0.15, -0.1) is 0 Å². The average Bonchev–Trinajstić information content (AvgIpc) is 2.88. The molecule has 1 aliphatic heterocycles. The van der Waals surface area contributed by atoms with Gasteiger partial charge in [-0.2, -0.15) is 10.4 Å². The molecular weight excluding hydrogens is 432 g/mol. The van der Waals surface area contributed by atoms with E-state index in [-0.39, 0.29) is 29.7 Å². The minimum Gasteiger partial charge on any atom is -0.483 e. The molecule has 1 amide bonds. The lowest BCUT2D eigenvalue weighted by atomic mass is 10.1. The summed E-state index contributed by atoms with van der Waals surface area (Å²) in [6.45, 7) is 1.51. The summed E-state index contributed by atoms with van der Waals surface area (Å²) in [4.78, 5) is 33.5. The number of nitrogens with one attached hydrogen (secondary N) is 2. The number of para-hydroxylation sites is 1. The largest absolute Gasteiger partial charge is 0.483 e. The van der Waals surface area contributed by atoms with Crippen molar-refractivity contribution in [3.05, 3.63) is 76.1 Å². The second-order valence-corrected chi connectivity index (χ2v) is 7.75. The van der Waals surface area contributed by atoms with Crippen LogP contribution >= 0.6 is 0 Å². The first-order valence-electron chi connectivity index (χ1n) is 11.0. The molecule has 34 heavy (non-hydrogen) atoms. The van der Waals surface area contributed by atoms with Crippen LogP contribution in [0.3, 0.4) is 0 Å². The maximum absolute atomic E-state index is 12.4. The molecule has 172 valence electrons. The van der Waals surface area contributed by atoms with Crippen molar-refractivity contribution in [3.63, 3.8) is 0 Å². The number of carbonyl (C=O) groups excluding carboxylic acids is 1. The van der Waals surface area contributed by atoms with Gasteiger partial charge in [0.15, 0.2) is 6.61 Å². The Morgan fingerprint density at radius 1 is 1.15 bits per heavy atom. The Hall–Kier alpha value is -4.45. The Balaban J connectivity index is 1.47. The average molecular weight is 457 g/mol. The van der Waals surface area contributed by atoms with Gasteiger partial charge in [0.05, 0.1) is 11.9 Å². The molecule has 9 nitrogen and oxygen atoms in total. The highest BCUT2D eigenvalue weighted by Gasteiger charge is 2.17. The molecule has 2 heterocycles. The minimum absolute atomic E-state index is 0.0302. The van der Waals surface area contributed by atoms with E-state index in [1.807, 2.05) is 29.2 Å². The molecule has 0 spiro atoms. The number of aromatic amines is 1. The highest BCUT2D eigenvalue weighted by molar-refractivity contribution is 5.84. The van der Waals surface area contributed by atoms with Gasteiger partial charge in [-0.1, -0.05) is 42.5 Å². The number of nitrogens with zero attached hydrogens (tertiary/aromatic N) is 4. The summed E-state index contributed by atoms with van der Waals surface area (Å²) in [7, 11) is 0. The van der Waals surface area contributed by atoms with Crippen molar-refractivity contribution < 1.29 is 9.53 Å². The maximum Gasteiger partial charge on any atom is 0.270 e. The summed E-state index contributed by atoms with van der Waals surface area (Å²) in [5.41, 5.74) is 3.64. The fourth-order valence-corrected chi connectivity index (χ4v) is 3.69. The highest BCUT2D eigenvalue weighted by Crippen LogP contribution is 2.20. The Morgan fingerprint density at radius 3 is 2.65 bits per heavy atom. The molecule has 0 saturated carbocycles. The Kier molecular flexibility index (Phi) is 7.30. The molecule has 4 rings (SSSR count). The van der Waals surface area contributed by atoms with E-state index in [1.165, 1.54) is 6.21 Å². The highest BCUT2D eigenvalue weighted by atomic mass is 16.5. The molecule has 1 saturated heterocycles. The number of likely N-dealkylation sites (tertiary alicyclic amines) is 1. The second-order valence-electron chi connectivity index (χ2n) is 7.75. The third-order valence-corrected chi connectivity index (χ3v) is 5.43. The molecule has 2 N–H and O–H groups in total. The van der Waals surface area contributed by atoms with Crippen LogP contribution in [-0.2, 0) is 4.79 Å². The number of H-pyrrole nitrogens is 1. The minimum atomic E-state index is -0.561. The predicted molar refractivity (Wildman–Crippen MR) is 129 cm³/mol. The summed E-state index contributed by atoms with van der Waals surface area (Å²) in [5, 5.41) is 13.5. The molecule has 0 unspecified atom stereocenters. The summed E-state index contributed by atoms with van der Waals surface area (Å²) >= 11 is 0. The van der Waals surface area contributed by atoms with Gasteiger partial charge in [-0.25, -0.2) is 10.4 Å². The molecule has 0 aliphatic carbocycles.